The van der Waals surface area contributed by atoms with Crippen LogP contribution in [0.5, 0.6) is 0 Å². The van der Waals surface area contributed by atoms with Crippen molar-refractivity contribution in [2.24, 2.45) is 0 Å². The van der Waals surface area contributed by atoms with Crippen molar-refractivity contribution < 1.29 is 0 Å². The quantitative estimate of drug-likeness (QED) is 0.783. The second-order valence-corrected chi connectivity index (χ2v) is 7.64. The first kappa shape index (κ1) is 15.5. The van der Waals surface area contributed by atoms with Crippen LogP contribution in [-0.4, -0.2) is 14.4 Å². The third-order valence-corrected chi connectivity index (χ3v) is 4.81. The molecule has 3 aromatic rings. The van der Waals surface area contributed by atoms with E-state index in [4.69, 9.17) is 11.6 Å². The SMILES string of the molecule is CC(C)(C)c1nc(CNCc2cn3cc(Cl)ccc3n2)cs1. The molecule has 0 aliphatic rings. The Kier molecular flexibility index (Phi) is 4.21. The molecule has 0 saturated heterocycles. The van der Waals surface area contributed by atoms with Crippen molar-refractivity contribution in [2.45, 2.75) is 39.3 Å². The summed E-state index contributed by atoms with van der Waals surface area (Å²) in [6.45, 7) is 8.02. The largest absolute Gasteiger partial charge is 0.305 e. The molecule has 0 saturated carbocycles. The number of halogens is 1. The van der Waals surface area contributed by atoms with Crippen molar-refractivity contribution in [1.29, 1.82) is 0 Å². The Labute approximate surface area is 139 Å². The first-order chi connectivity index (χ1) is 10.4. The summed E-state index contributed by atoms with van der Waals surface area (Å²) in [6.07, 6.45) is 3.86. The standard InChI is InChI=1S/C16H19ClN4S/c1-16(2,3)15-20-13(10-22-15)7-18-6-12-9-21-8-11(17)4-5-14(21)19-12/h4-5,8-10,18H,6-7H2,1-3H3. The van der Waals surface area contributed by atoms with Gasteiger partial charge in [-0.25, -0.2) is 9.97 Å². The van der Waals surface area contributed by atoms with Gasteiger partial charge in [0, 0.05) is 36.3 Å². The fourth-order valence-electron chi connectivity index (χ4n) is 2.15. The number of fused-ring (bicyclic) bond motifs is 1. The molecule has 0 spiro atoms. The molecule has 0 radical (unpaired) electrons. The second-order valence-electron chi connectivity index (χ2n) is 6.34. The summed E-state index contributed by atoms with van der Waals surface area (Å²) in [6, 6.07) is 3.77. The number of thiazole rings is 1. The Morgan fingerprint density at radius 3 is 2.64 bits per heavy atom. The highest BCUT2D eigenvalue weighted by Gasteiger charge is 2.17. The third kappa shape index (κ3) is 3.48. The van der Waals surface area contributed by atoms with Gasteiger partial charge in [-0.1, -0.05) is 32.4 Å². The molecule has 4 nitrogen and oxygen atoms in total. The summed E-state index contributed by atoms with van der Waals surface area (Å²) in [5, 5.41) is 7.40. The van der Waals surface area contributed by atoms with E-state index < -0.39 is 0 Å². The minimum Gasteiger partial charge on any atom is -0.305 e. The molecule has 0 aromatic carbocycles. The highest BCUT2D eigenvalue weighted by atomic mass is 35.5. The lowest BCUT2D eigenvalue weighted by molar-refractivity contribution is 0.579. The van der Waals surface area contributed by atoms with Gasteiger partial charge in [0.2, 0.25) is 0 Å². The van der Waals surface area contributed by atoms with Crippen LogP contribution in [0, 0.1) is 0 Å². The predicted molar refractivity (Wildman–Crippen MR) is 91.6 cm³/mol. The van der Waals surface area contributed by atoms with Gasteiger partial charge in [-0.15, -0.1) is 11.3 Å². The molecule has 1 N–H and O–H groups in total. The molecule has 3 rings (SSSR count). The Bertz CT molecular complexity index is 785. The van der Waals surface area contributed by atoms with Gasteiger partial charge in [0.15, 0.2) is 0 Å². The minimum atomic E-state index is 0.115. The van der Waals surface area contributed by atoms with E-state index in [1.165, 1.54) is 5.01 Å². The summed E-state index contributed by atoms with van der Waals surface area (Å²) in [5.74, 6) is 0. The zero-order valence-electron chi connectivity index (χ0n) is 12.9. The van der Waals surface area contributed by atoms with Crippen LogP contribution in [-0.2, 0) is 18.5 Å². The number of aromatic nitrogens is 3. The van der Waals surface area contributed by atoms with Crippen LogP contribution in [0.1, 0.15) is 37.2 Å². The van der Waals surface area contributed by atoms with Gasteiger partial charge < -0.3 is 9.72 Å². The highest BCUT2D eigenvalue weighted by molar-refractivity contribution is 7.09. The van der Waals surface area contributed by atoms with Crippen molar-refractivity contribution in [3.63, 3.8) is 0 Å². The van der Waals surface area contributed by atoms with Crippen LogP contribution in [0.2, 0.25) is 5.02 Å². The van der Waals surface area contributed by atoms with E-state index in [1.54, 1.807) is 11.3 Å². The van der Waals surface area contributed by atoms with E-state index in [0.29, 0.717) is 11.6 Å². The van der Waals surface area contributed by atoms with Gasteiger partial charge in [0.25, 0.3) is 0 Å². The molecule has 6 heteroatoms. The summed E-state index contributed by atoms with van der Waals surface area (Å²) < 4.78 is 1.94. The van der Waals surface area contributed by atoms with Gasteiger partial charge in [-0.05, 0) is 12.1 Å². The number of nitrogens with one attached hydrogen (secondary N) is 1. The normalized spacial score (nSPS) is 12.2. The smallest absolute Gasteiger partial charge is 0.137 e. The first-order valence-electron chi connectivity index (χ1n) is 7.20. The van der Waals surface area contributed by atoms with E-state index >= 15 is 0 Å². The van der Waals surface area contributed by atoms with Gasteiger partial charge in [0.1, 0.15) is 5.65 Å². The monoisotopic (exact) mass is 334 g/mol. The lowest BCUT2D eigenvalue weighted by Crippen LogP contribution is -2.14. The van der Waals surface area contributed by atoms with Gasteiger partial charge in [0.05, 0.1) is 21.4 Å². The molecule has 22 heavy (non-hydrogen) atoms. The number of imidazole rings is 1. The van der Waals surface area contributed by atoms with Crippen LogP contribution in [0.3, 0.4) is 0 Å². The Morgan fingerprint density at radius 2 is 1.91 bits per heavy atom. The molecule has 0 unspecified atom stereocenters. The van der Waals surface area contributed by atoms with Crippen molar-refractivity contribution in [1.82, 2.24) is 19.7 Å². The maximum Gasteiger partial charge on any atom is 0.137 e. The van der Waals surface area contributed by atoms with Crippen LogP contribution in [0.4, 0.5) is 0 Å². The lowest BCUT2D eigenvalue weighted by Gasteiger charge is -2.13. The molecule has 0 aliphatic heterocycles. The third-order valence-electron chi connectivity index (χ3n) is 3.27. The average molecular weight is 335 g/mol. The maximum atomic E-state index is 5.98. The predicted octanol–water partition coefficient (Wildman–Crippen LogP) is 4.03. The molecular weight excluding hydrogens is 316 g/mol. The van der Waals surface area contributed by atoms with Gasteiger partial charge >= 0.3 is 0 Å². The summed E-state index contributed by atoms with van der Waals surface area (Å²) >= 11 is 7.70. The molecule has 0 aliphatic carbocycles. The molecule has 116 valence electrons. The zero-order valence-corrected chi connectivity index (χ0v) is 14.5. The molecule has 3 aromatic heterocycles. The summed E-state index contributed by atoms with van der Waals surface area (Å²) in [7, 11) is 0. The van der Waals surface area contributed by atoms with Crippen LogP contribution < -0.4 is 5.32 Å². The number of nitrogens with zero attached hydrogens (tertiary/aromatic N) is 3. The number of hydrogen-bond donors (Lipinski definition) is 1. The van der Waals surface area contributed by atoms with E-state index in [9.17, 15) is 0 Å². The van der Waals surface area contributed by atoms with Crippen molar-refractivity contribution in [2.75, 3.05) is 0 Å². The molecule has 0 amide bonds. The van der Waals surface area contributed by atoms with Gasteiger partial charge in [-0.2, -0.15) is 0 Å². The van der Waals surface area contributed by atoms with E-state index in [1.807, 2.05) is 28.9 Å². The lowest BCUT2D eigenvalue weighted by atomic mass is 9.98. The van der Waals surface area contributed by atoms with Gasteiger partial charge in [-0.3, -0.25) is 0 Å². The first-order valence-corrected chi connectivity index (χ1v) is 8.46. The molecular formula is C16H19ClN4S. The Balaban J connectivity index is 1.61. The van der Waals surface area contributed by atoms with Crippen molar-refractivity contribution in [3.05, 3.63) is 51.3 Å². The maximum absolute atomic E-state index is 5.98. The number of pyridine rings is 1. The molecule has 0 bridgehead atoms. The Morgan fingerprint density at radius 1 is 1.14 bits per heavy atom. The van der Waals surface area contributed by atoms with Crippen LogP contribution >= 0.6 is 22.9 Å². The molecule has 0 fully saturated rings. The highest BCUT2D eigenvalue weighted by Crippen LogP contribution is 2.25. The average Bonchev–Trinajstić information content (AvgIpc) is 3.04. The topological polar surface area (TPSA) is 42.2 Å². The second kappa shape index (κ2) is 5.99. The van der Waals surface area contributed by atoms with Crippen molar-refractivity contribution >= 4 is 28.6 Å². The Hall–Kier alpha value is -1.43. The van der Waals surface area contributed by atoms with E-state index in [0.717, 1.165) is 23.6 Å². The van der Waals surface area contributed by atoms with Crippen molar-refractivity contribution in [3.8, 4) is 0 Å². The fourth-order valence-corrected chi connectivity index (χ4v) is 3.23. The molecule has 0 atom stereocenters. The minimum absolute atomic E-state index is 0.115. The molecule has 3 heterocycles. The number of hydrogen-bond acceptors (Lipinski definition) is 4. The zero-order chi connectivity index (χ0) is 15.7. The number of rotatable bonds is 4. The fraction of sp³-hybridized carbons (Fsp3) is 0.375. The summed E-state index contributed by atoms with van der Waals surface area (Å²) in [4.78, 5) is 9.23. The van der Waals surface area contributed by atoms with Crippen LogP contribution in [0.15, 0.2) is 29.9 Å². The van der Waals surface area contributed by atoms with E-state index in [2.05, 4.69) is 41.4 Å². The van der Waals surface area contributed by atoms with E-state index in [-0.39, 0.29) is 5.41 Å². The van der Waals surface area contributed by atoms with Crippen LogP contribution in [0.25, 0.3) is 5.65 Å². The summed E-state index contributed by atoms with van der Waals surface area (Å²) in [5.41, 5.74) is 3.10.